The van der Waals surface area contributed by atoms with Crippen LogP contribution in [0.15, 0.2) is 23.0 Å². The normalized spacial score (nSPS) is 10.2. The number of nitrogens with zero attached hydrogens (tertiary/aromatic N) is 2. The lowest BCUT2D eigenvalue weighted by Crippen LogP contribution is -2.27. The summed E-state index contributed by atoms with van der Waals surface area (Å²) in [6.45, 7) is 0.427. The van der Waals surface area contributed by atoms with Crippen molar-refractivity contribution in [3.05, 3.63) is 34.3 Å². The van der Waals surface area contributed by atoms with Gasteiger partial charge in [-0.15, -0.1) is 11.3 Å². The van der Waals surface area contributed by atoms with Gasteiger partial charge in [-0.2, -0.15) is 0 Å². The molecule has 0 saturated carbocycles. The van der Waals surface area contributed by atoms with Crippen LogP contribution in [-0.4, -0.2) is 37.1 Å². The molecule has 112 valence electrons. The van der Waals surface area contributed by atoms with Gasteiger partial charge < -0.3 is 20.1 Å². The Morgan fingerprint density at radius 1 is 1.33 bits per heavy atom. The molecule has 0 aliphatic heterocycles. The van der Waals surface area contributed by atoms with Crippen LogP contribution in [0.25, 0.3) is 0 Å². The minimum Gasteiger partial charge on any atom is -0.493 e. The Morgan fingerprint density at radius 2 is 2.00 bits per heavy atom. The number of methoxy groups -OCH3 is 2. The van der Waals surface area contributed by atoms with Gasteiger partial charge in [0, 0.05) is 24.2 Å². The first-order valence-corrected chi connectivity index (χ1v) is 7.15. The fourth-order valence-electron chi connectivity index (χ4n) is 1.92. The fourth-order valence-corrected chi connectivity index (χ4v) is 2.47. The molecule has 0 aliphatic rings. The highest BCUT2D eigenvalue weighted by Gasteiger charge is 2.19. The maximum atomic E-state index is 12.5. The number of thiazole rings is 1. The van der Waals surface area contributed by atoms with E-state index in [2.05, 4.69) is 4.98 Å². The van der Waals surface area contributed by atoms with E-state index in [0.717, 1.165) is 5.69 Å². The smallest absolute Gasteiger partial charge is 0.256 e. The standard InChI is InChI=1S/C14H17N3O3S/c1-17(6-9-7-21-8-16-9)14(18)10-4-12(19-2)13(20-3)5-11(10)15/h4-5,7-8H,6,15H2,1-3H3. The molecule has 1 aromatic carbocycles. The number of hydrogen-bond donors (Lipinski definition) is 1. The first-order chi connectivity index (χ1) is 10.1. The number of nitrogen functional groups attached to an aromatic ring is 1. The molecule has 21 heavy (non-hydrogen) atoms. The molecule has 2 rings (SSSR count). The van der Waals surface area contributed by atoms with Gasteiger partial charge >= 0.3 is 0 Å². The van der Waals surface area contributed by atoms with Crippen LogP contribution in [0.2, 0.25) is 0 Å². The Kier molecular flexibility index (Phi) is 4.64. The monoisotopic (exact) mass is 307 g/mol. The second kappa shape index (κ2) is 6.45. The summed E-state index contributed by atoms with van der Waals surface area (Å²) >= 11 is 1.49. The number of rotatable bonds is 5. The van der Waals surface area contributed by atoms with Crippen molar-refractivity contribution in [2.75, 3.05) is 27.0 Å². The van der Waals surface area contributed by atoms with Crippen LogP contribution in [0.4, 0.5) is 5.69 Å². The van der Waals surface area contributed by atoms with Gasteiger partial charge in [-0.3, -0.25) is 4.79 Å². The number of hydrogen-bond acceptors (Lipinski definition) is 6. The predicted molar refractivity (Wildman–Crippen MR) is 81.9 cm³/mol. The summed E-state index contributed by atoms with van der Waals surface area (Å²) in [4.78, 5) is 18.2. The van der Waals surface area contributed by atoms with E-state index in [9.17, 15) is 4.79 Å². The van der Waals surface area contributed by atoms with E-state index in [-0.39, 0.29) is 5.91 Å². The molecule has 1 amide bonds. The predicted octanol–water partition coefficient (Wildman–Crippen LogP) is 2.01. The summed E-state index contributed by atoms with van der Waals surface area (Å²) in [5, 5.41) is 1.90. The fraction of sp³-hybridized carbons (Fsp3) is 0.286. The Labute approximate surface area is 127 Å². The van der Waals surface area contributed by atoms with Crippen molar-refractivity contribution < 1.29 is 14.3 Å². The average Bonchev–Trinajstić information content (AvgIpc) is 2.99. The summed E-state index contributed by atoms with van der Waals surface area (Å²) in [5.74, 6) is 0.771. The molecule has 7 heteroatoms. The lowest BCUT2D eigenvalue weighted by atomic mass is 10.1. The molecule has 1 aromatic heterocycles. The van der Waals surface area contributed by atoms with Gasteiger partial charge in [0.2, 0.25) is 0 Å². The SMILES string of the molecule is COc1cc(N)c(C(=O)N(C)Cc2cscn2)cc1OC. The Balaban J connectivity index is 2.25. The first kappa shape index (κ1) is 15.1. The third-order valence-corrected chi connectivity index (χ3v) is 3.65. The van der Waals surface area contributed by atoms with Crippen molar-refractivity contribution in [3.63, 3.8) is 0 Å². The van der Waals surface area contributed by atoms with E-state index in [1.54, 1.807) is 29.6 Å². The summed E-state index contributed by atoms with van der Waals surface area (Å²) in [5.41, 5.74) is 9.24. The second-order valence-electron chi connectivity index (χ2n) is 4.44. The van der Waals surface area contributed by atoms with Gasteiger partial charge in [0.05, 0.1) is 37.5 Å². The van der Waals surface area contributed by atoms with E-state index in [4.69, 9.17) is 15.2 Å². The lowest BCUT2D eigenvalue weighted by molar-refractivity contribution is 0.0784. The number of aromatic nitrogens is 1. The molecular formula is C14H17N3O3S. The number of amides is 1. The molecule has 0 saturated heterocycles. The summed E-state index contributed by atoms with van der Waals surface area (Å²) < 4.78 is 10.4. The van der Waals surface area contributed by atoms with Crippen LogP contribution in [0.5, 0.6) is 11.5 Å². The van der Waals surface area contributed by atoms with E-state index in [0.29, 0.717) is 29.3 Å². The molecule has 0 spiro atoms. The highest BCUT2D eigenvalue weighted by atomic mass is 32.1. The van der Waals surface area contributed by atoms with Crippen molar-refractivity contribution in [1.82, 2.24) is 9.88 Å². The van der Waals surface area contributed by atoms with Gasteiger partial charge in [-0.25, -0.2) is 4.98 Å². The van der Waals surface area contributed by atoms with Crippen LogP contribution in [0.3, 0.4) is 0 Å². The van der Waals surface area contributed by atoms with Crippen molar-refractivity contribution in [1.29, 1.82) is 0 Å². The second-order valence-corrected chi connectivity index (χ2v) is 5.15. The van der Waals surface area contributed by atoms with Crippen molar-refractivity contribution >= 4 is 22.9 Å². The maximum absolute atomic E-state index is 12.5. The summed E-state index contributed by atoms with van der Waals surface area (Å²) in [7, 11) is 4.74. The van der Waals surface area contributed by atoms with E-state index in [1.165, 1.54) is 25.6 Å². The zero-order valence-corrected chi connectivity index (χ0v) is 12.9. The number of nitrogens with two attached hydrogens (primary N) is 1. The van der Waals surface area contributed by atoms with Gasteiger partial charge in [-0.1, -0.05) is 0 Å². The molecule has 0 radical (unpaired) electrons. The minimum absolute atomic E-state index is 0.193. The molecule has 0 unspecified atom stereocenters. The number of carbonyl (C=O) groups excluding carboxylic acids is 1. The largest absolute Gasteiger partial charge is 0.493 e. The van der Waals surface area contributed by atoms with E-state index >= 15 is 0 Å². The summed E-state index contributed by atoms with van der Waals surface area (Å²) in [6, 6.07) is 3.18. The molecule has 0 aliphatic carbocycles. The van der Waals surface area contributed by atoms with E-state index < -0.39 is 0 Å². The maximum Gasteiger partial charge on any atom is 0.256 e. The van der Waals surface area contributed by atoms with Crippen molar-refractivity contribution in [2.24, 2.45) is 0 Å². The third-order valence-electron chi connectivity index (χ3n) is 3.02. The van der Waals surface area contributed by atoms with Gasteiger partial charge in [0.15, 0.2) is 11.5 Å². The van der Waals surface area contributed by atoms with Crippen molar-refractivity contribution in [2.45, 2.75) is 6.54 Å². The number of benzene rings is 1. The number of ether oxygens (including phenoxy) is 2. The molecular weight excluding hydrogens is 290 g/mol. The molecule has 2 N–H and O–H groups in total. The molecule has 2 aromatic rings. The molecule has 0 fully saturated rings. The quantitative estimate of drug-likeness (QED) is 0.855. The van der Waals surface area contributed by atoms with Gasteiger partial charge in [0.25, 0.3) is 5.91 Å². The van der Waals surface area contributed by atoms with Crippen molar-refractivity contribution in [3.8, 4) is 11.5 Å². The Bertz CT molecular complexity index is 629. The lowest BCUT2D eigenvalue weighted by Gasteiger charge is -2.18. The zero-order valence-electron chi connectivity index (χ0n) is 12.1. The highest BCUT2D eigenvalue weighted by Crippen LogP contribution is 2.32. The highest BCUT2D eigenvalue weighted by molar-refractivity contribution is 7.07. The Hall–Kier alpha value is -2.28. The average molecular weight is 307 g/mol. The van der Waals surface area contributed by atoms with Gasteiger partial charge in [0.1, 0.15) is 0 Å². The Morgan fingerprint density at radius 3 is 2.57 bits per heavy atom. The van der Waals surface area contributed by atoms with E-state index in [1.807, 2.05) is 5.38 Å². The number of anilines is 1. The molecule has 0 bridgehead atoms. The number of carbonyl (C=O) groups is 1. The third kappa shape index (κ3) is 3.25. The van der Waals surface area contributed by atoms with Gasteiger partial charge in [-0.05, 0) is 6.07 Å². The zero-order chi connectivity index (χ0) is 15.4. The topological polar surface area (TPSA) is 77.7 Å². The first-order valence-electron chi connectivity index (χ1n) is 6.20. The van der Waals surface area contributed by atoms with Crippen LogP contribution < -0.4 is 15.2 Å². The molecule has 0 atom stereocenters. The molecule has 6 nitrogen and oxygen atoms in total. The van der Waals surface area contributed by atoms with Crippen LogP contribution in [-0.2, 0) is 6.54 Å². The molecule has 1 heterocycles. The van der Waals surface area contributed by atoms with Crippen LogP contribution >= 0.6 is 11.3 Å². The van der Waals surface area contributed by atoms with Crippen LogP contribution in [0, 0.1) is 0 Å². The summed E-state index contributed by atoms with van der Waals surface area (Å²) in [6.07, 6.45) is 0. The minimum atomic E-state index is -0.193. The van der Waals surface area contributed by atoms with Crippen LogP contribution in [0.1, 0.15) is 16.1 Å².